The summed E-state index contributed by atoms with van der Waals surface area (Å²) >= 11 is 5.81. The molecule has 0 fully saturated rings. The lowest BCUT2D eigenvalue weighted by molar-refractivity contribution is -0.132. The lowest BCUT2D eigenvalue weighted by Crippen LogP contribution is -2.37. The van der Waals surface area contributed by atoms with Crippen molar-refractivity contribution in [2.75, 3.05) is 13.1 Å². The van der Waals surface area contributed by atoms with Crippen molar-refractivity contribution in [3.05, 3.63) is 59.1 Å². The van der Waals surface area contributed by atoms with Gasteiger partial charge in [0.2, 0.25) is 0 Å². The van der Waals surface area contributed by atoms with E-state index < -0.39 is 12.1 Å². The van der Waals surface area contributed by atoms with E-state index in [0.717, 1.165) is 0 Å². The summed E-state index contributed by atoms with van der Waals surface area (Å²) in [5, 5.41) is 6.10. The molecular weight excluding hydrogens is 396 g/mol. The molecule has 2 aromatic carbocycles. The predicted molar refractivity (Wildman–Crippen MR) is 109 cm³/mol. The average molecular weight is 419 g/mol. The molecule has 0 saturated carbocycles. The molecule has 8 heteroatoms. The zero-order valence-corrected chi connectivity index (χ0v) is 17.0. The fraction of sp³-hybridized carbons (Fsp3) is 0.286. The molecular formula is C21H23ClN2O5. The Hall–Kier alpha value is -3.06. The molecule has 2 N–H and O–H groups in total. The molecule has 0 spiro atoms. The van der Waals surface area contributed by atoms with Crippen molar-refractivity contribution < 1.29 is 23.9 Å². The highest BCUT2D eigenvalue weighted by molar-refractivity contribution is 6.30. The fourth-order valence-electron chi connectivity index (χ4n) is 2.39. The second-order valence-corrected chi connectivity index (χ2v) is 6.67. The van der Waals surface area contributed by atoms with Gasteiger partial charge in [-0.25, -0.2) is 0 Å². The summed E-state index contributed by atoms with van der Waals surface area (Å²) in [4.78, 5) is 35.2. The minimum Gasteiger partial charge on any atom is -0.481 e. The van der Waals surface area contributed by atoms with E-state index in [1.54, 1.807) is 49.4 Å². The van der Waals surface area contributed by atoms with E-state index in [9.17, 15) is 14.4 Å². The van der Waals surface area contributed by atoms with Crippen LogP contribution in [-0.2, 0) is 9.59 Å². The number of benzene rings is 2. The minimum atomic E-state index is -0.658. The first-order chi connectivity index (χ1) is 13.8. The molecule has 0 bridgehead atoms. The van der Waals surface area contributed by atoms with Gasteiger partial charge in [-0.05, 0) is 55.8 Å². The van der Waals surface area contributed by atoms with Gasteiger partial charge in [0.1, 0.15) is 11.5 Å². The SMILES string of the molecule is CC(=O)Oc1cccc(C(=O)NCCCNC(=O)C(C)Oc2ccc(Cl)cc2)c1. The number of carbonyl (C=O) groups is 3. The maximum atomic E-state index is 12.1. The quantitative estimate of drug-likeness (QED) is 0.371. The van der Waals surface area contributed by atoms with Gasteiger partial charge < -0.3 is 20.1 Å². The lowest BCUT2D eigenvalue weighted by Gasteiger charge is -2.15. The highest BCUT2D eigenvalue weighted by Crippen LogP contribution is 2.17. The van der Waals surface area contributed by atoms with Gasteiger partial charge >= 0.3 is 5.97 Å². The maximum absolute atomic E-state index is 12.1. The van der Waals surface area contributed by atoms with E-state index in [2.05, 4.69) is 10.6 Å². The largest absolute Gasteiger partial charge is 0.481 e. The topological polar surface area (TPSA) is 93.7 Å². The van der Waals surface area contributed by atoms with Crippen LogP contribution in [0.15, 0.2) is 48.5 Å². The van der Waals surface area contributed by atoms with Crippen molar-refractivity contribution in [1.82, 2.24) is 10.6 Å². The van der Waals surface area contributed by atoms with Crippen LogP contribution in [0.3, 0.4) is 0 Å². The van der Waals surface area contributed by atoms with Gasteiger partial charge in [-0.1, -0.05) is 17.7 Å². The van der Waals surface area contributed by atoms with Crippen molar-refractivity contribution in [3.63, 3.8) is 0 Å². The number of nitrogens with one attached hydrogen (secondary N) is 2. The molecule has 0 aliphatic heterocycles. The molecule has 2 amide bonds. The van der Waals surface area contributed by atoms with E-state index in [4.69, 9.17) is 21.1 Å². The van der Waals surface area contributed by atoms with E-state index in [-0.39, 0.29) is 11.8 Å². The third-order valence-electron chi connectivity index (χ3n) is 3.79. The Morgan fingerprint density at radius 3 is 2.38 bits per heavy atom. The standard InChI is InChI=1S/C21H23ClN2O5/c1-14(28-18-9-7-17(22)8-10-18)20(26)23-11-4-12-24-21(27)16-5-3-6-19(13-16)29-15(2)25/h3,5-10,13-14H,4,11-12H2,1-2H3,(H,23,26)(H,24,27). The number of rotatable bonds is 9. The molecule has 2 rings (SSSR count). The Balaban J connectivity index is 1.68. The Morgan fingerprint density at radius 2 is 1.69 bits per heavy atom. The molecule has 0 aliphatic rings. The summed E-state index contributed by atoms with van der Waals surface area (Å²) in [6.07, 6.45) is -0.107. The second-order valence-electron chi connectivity index (χ2n) is 6.24. The van der Waals surface area contributed by atoms with Gasteiger partial charge in [-0.15, -0.1) is 0 Å². The van der Waals surface area contributed by atoms with Crippen molar-refractivity contribution in [2.45, 2.75) is 26.4 Å². The Kier molecular flexibility index (Phi) is 8.48. The number of amides is 2. The van der Waals surface area contributed by atoms with Crippen LogP contribution in [0.4, 0.5) is 0 Å². The molecule has 1 atom stereocenters. The molecule has 0 radical (unpaired) electrons. The van der Waals surface area contributed by atoms with Crippen LogP contribution in [0.5, 0.6) is 11.5 Å². The van der Waals surface area contributed by atoms with Crippen LogP contribution < -0.4 is 20.1 Å². The fourth-order valence-corrected chi connectivity index (χ4v) is 2.51. The van der Waals surface area contributed by atoms with Gasteiger partial charge in [0.25, 0.3) is 11.8 Å². The van der Waals surface area contributed by atoms with Crippen molar-refractivity contribution in [2.24, 2.45) is 0 Å². The molecule has 7 nitrogen and oxygen atoms in total. The molecule has 154 valence electrons. The van der Waals surface area contributed by atoms with Crippen LogP contribution in [0.25, 0.3) is 0 Å². The van der Waals surface area contributed by atoms with Crippen LogP contribution >= 0.6 is 11.6 Å². The van der Waals surface area contributed by atoms with E-state index >= 15 is 0 Å². The average Bonchev–Trinajstić information content (AvgIpc) is 2.68. The van der Waals surface area contributed by atoms with Crippen molar-refractivity contribution in [3.8, 4) is 11.5 Å². The van der Waals surface area contributed by atoms with Gasteiger partial charge in [0, 0.05) is 30.6 Å². The molecule has 0 saturated heterocycles. The monoisotopic (exact) mass is 418 g/mol. The van der Waals surface area contributed by atoms with Crippen LogP contribution in [0.1, 0.15) is 30.6 Å². The minimum absolute atomic E-state index is 0.250. The molecule has 0 aliphatic carbocycles. The van der Waals surface area contributed by atoms with Gasteiger partial charge in [-0.3, -0.25) is 14.4 Å². The summed E-state index contributed by atoms with van der Waals surface area (Å²) in [5.74, 6) is -0.120. The zero-order valence-electron chi connectivity index (χ0n) is 16.2. The normalized spacial score (nSPS) is 11.3. The van der Waals surface area contributed by atoms with Gasteiger partial charge in [0.15, 0.2) is 6.10 Å². The van der Waals surface area contributed by atoms with Crippen molar-refractivity contribution >= 4 is 29.4 Å². The van der Waals surface area contributed by atoms with Crippen LogP contribution in [0, 0.1) is 0 Å². The number of esters is 1. The first-order valence-corrected chi connectivity index (χ1v) is 9.49. The molecule has 29 heavy (non-hydrogen) atoms. The summed E-state index contributed by atoms with van der Waals surface area (Å²) in [7, 11) is 0. The third-order valence-corrected chi connectivity index (χ3v) is 4.04. The molecule has 1 unspecified atom stereocenters. The second kappa shape index (κ2) is 11.1. The summed E-state index contributed by atoms with van der Waals surface area (Å²) in [6, 6.07) is 13.1. The highest BCUT2D eigenvalue weighted by Gasteiger charge is 2.14. The molecule has 0 heterocycles. The first-order valence-electron chi connectivity index (χ1n) is 9.12. The summed E-state index contributed by atoms with van der Waals surface area (Å²) in [5.41, 5.74) is 0.387. The third kappa shape index (κ3) is 7.83. The van der Waals surface area contributed by atoms with Crippen LogP contribution in [0.2, 0.25) is 5.02 Å². The van der Waals surface area contributed by atoms with Crippen molar-refractivity contribution in [1.29, 1.82) is 0 Å². The number of carbonyl (C=O) groups excluding carboxylic acids is 3. The molecule has 2 aromatic rings. The van der Waals surface area contributed by atoms with Gasteiger partial charge in [0.05, 0.1) is 0 Å². The smallest absolute Gasteiger partial charge is 0.308 e. The zero-order chi connectivity index (χ0) is 21.2. The van der Waals surface area contributed by atoms with E-state index in [1.807, 2.05) is 0 Å². The Labute approximate surface area is 174 Å². The lowest BCUT2D eigenvalue weighted by atomic mass is 10.2. The number of ether oxygens (including phenoxy) is 2. The summed E-state index contributed by atoms with van der Waals surface area (Å²) in [6.45, 7) is 3.72. The Morgan fingerprint density at radius 1 is 1.00 bits per heavy atom. The first kappa shape index (κ1) is 22.2. The van der Waals surface area contributed by atoms with Gasteiger partial charge in [-0.2, -0.15) is 0 Å². The van der Waals surface area contributed by atoms with E-state index in [0.29, 0.717) is 41.6 Å². The maximum Gasteiger partial charge on any atom is 0.308 e. The summed E-state index contributed by atoms with van der Waals surface area (Å²) < 4.78 is 10.5. The predicted octanol–water partition coefficient (Wildman–Crippen LogP) is 2.97. The van der Waals surface area contributed by atoms with E-state index in [1.165, 1.54) is 13.0 Å². The number of hydrogen-bond donors (Lipinski definition) is 2. The number of hydrogen-bond acceptors (Lipinski definition) is 5. The Bertz CT molecular complexity index is 854. The number of halogens is 1. The van der Waals surface area contributed by atoms with Crippen LogP contribution in [-0.4, -0.2) is 37.0 Å². The molecule has 0 aromatic heterocycles. The highest BCUT2D eigenvalue weighted by atomic mass is 35.5.